The number of hydrogen-bond acceptors (Lipinski definition) is 4. The fourth-order valence-electron chi connectivity index (χ4n) is 9.74. The molecule has 0 saturated heterocycles. The lowest BCUT2D eigenvalue weighted by atomic mass is 9.84. The quantitative estimate of drug-likeness (QED) is 0.157. The van der Waals surface area contributed by atoms with Gasteiger partial charge in [-0.15, -0.1) is 11.3 Å². The second-order valence-corrected chi connectivity index (χ2v) is 17.4. The Balaban J connectivity index is 1.03. The Morgan fingerprint density at radius 3 is 1.55 bits per heavy atom. The van der Waals surface area contributed by atoms with E-state index in [0.29, 0.717) is 17.5 Å². The van der Waals surface area contributed by atoms with Crippen molar-refractivity contribution >= 4 is 74.9 Å². The molecule has 3 aromatic heterocycles. The van der Waals surface area contributed by atoms with E-state index in [2.05, 4.69) is 162 Å². The molecule has 64 heavy (non-hydrogen) atoms. The van der Waals surface area contributed by atoms with Crippen LogP contribution in [0.15, 0.2) is 218 Å². The summed E-state index contributed by atoms with van der Waals surface area (Å²) in [5, 5.41) is 10.1. The Hall–Kier alpha value is -8.25. The van der Waals surface area contributed by atoms with Crippen molar-refractivity contribution in [3.05, 3.63) is 218 Å². The van der Waals surface area contributed by atoms with Crippen molar-refractivity contribution in [2.24, 2.45) is 0 Å². The van der Waals surface area contributed by atoms with E-state index in [9.17, 15) is 0 Å². The van der Waals surface area contributed by atoms with Gasteiger partial charge >= 0.3 is 0 Å². The van der Waals surface area contributed by atoms with Gasteiger partial charge in [-0.05, 0) is 92.3 Å². The minimum Gasteiger partial charge on any atom is -0.309 e. The van der Waals surface area contributed by atoms with Crippen LogP contribution in [0.3, 0.4) is 0 Å². The number of nitrogens with zero attached hydrogens (tertiary/aromatic N) is 4. The summed E-state index contributed by atoms with van der Waals surface area (Å²) in [5.74, 6) is 1.91. The Bertz CT molecular complexity index is 3890. The van der Waals surface area contributed by atoms with E-state index < -0.39 is 0 Å². The van der Waals surface area contributed by atoms with Gasteiger partial charge in [0.1, 0.15) is 0 Å². The molecule has 0 unspecified atom stereocenters. The molecule has 0 aliphatic heterocycles. The van der Waals surface area contributed by atoms with Gasteiger partial charge in [0.2, 0.25) is 0 Å². The van der Waals surface area contributed by atoms with E-state index in [4.69, 9.17) is 15.0 Å². The van der Waals surface area contributed by atoms with Gasteiger partial charge in [-0.25, -0.2) is 15.0 Å². The van der Waals surface area contributed by atoms with Crippen LogP contribution in [0.5, 0.6) is 0 Å². The van der Waals surface area contributed by atoms with Crippen LogP contribution >= 0.6 is 11.3 Å². The molecule has 13 rings (SSSR count). The van der Waals surface area contributed by atoms with Crippen LogP contribution < -0.4 is 0 Å². The first-order chi connectivity index (χ1) is 31.7. The van der Waals surface area contributed by atoms with Crippen molar-refractivity contribution in [3.63, 3.8) is 0 Å². The third kappa shape index (κ3) is 5.86. The monoisotopic (exact) mass is 832 g/mol. The molecule has 0 aliphatic carbocycles. The molecule has 0 bridgehead atoms. The molecule has 5 heteroatoms. The molecule has 0 N–H and O–H groups in total. The van der Waals surface area contributed by atoms with Crippen LogP contribution in [0.4, 0.5) is 0 Å². The predicted octanol–water partition coefficient (Wildman–Crippen LogP) is 16.0. The number of aromatic nitrogens is 4. The van der Waals surface area contributed by atoms with E-state index >= 15 is 0 Å². The average molecular weight is 833 g/mol. The van der Waals surface area contributed by atoms with Gasteiger partial charge in [-0.1, -0.05) is 170 Å². The standard InChI is InChI=1S/C59H36N4S/c1-4-17-37(18-5-1)55-50-36-54-49(45-27-13-15-30-53(45)64-54)35-47(50)43-25-10-11-28-46(43)56(55)40-31-32-52-48(34-40)44-26-12-14-29-51(44)63(52)42-24-16-23-41(33-42)59-61-57(38-19-6-2-7-20-38)60-58(62-59)39-21-8-3-9-22-39/h1-36H. The van der Waals surface area contributed by atoms with E-state index in [0.717, 1.165) is 33.4 Å². The molecule has 0 spiro atoms. The Morgan fingerprint density at radius 2 is 0.828 bits per heavy atom. The van der Waals surface area contributed by atoms with Gasteiger partial charge in [0.25, 0.3) is 0 Å². The van der Waals surface area contributed by atoms with Crippen LogP contribution in [0.2, 0.25) is 0 Å². The molecule has 3 heterocycles. The number of hydrogen-bond donors (Lipinski definition) is 0. The zero-order chi connectivity index (χ0) is 42.1. The summed E-state index contributed by atoms with van der Waals surface area (Å²) in [6.45, 7) is 0. The first-order valence-electron chi connectivity index (χ1n) is 21.6. The van der Waals surface area contributed by atoms with Crippen molar-refractivity contribution in [1.82, 2.24) is 19.5 Å². The molecule has 0 atom stereocenters. The highest BCUT2D eigenvalue weighted by molar-refractivity contribution is 7.25. The first-order valence-corrected chi connectivity index (χ1v) is 22.4. The Labute approximate surface area is 373 Å². The maximum atomic E-state index is 5.07. The van der Waals surface area contributed by atoms with Crippen molar-refractivity contribution < 1.29 is 0 Å². The van der Waals surface area contributed by atoms with Gasteiger partial charge in [-0.3, -0.25) is 0 Å². The lowest BCUT2D eigenvalue weighted by Gasteiger charge is -2.19. The van der Waals surface area contributed by atoms with Gasteiger partial charge < -0.3 is 4.57 Å². The highest BCUT2D eigenvalue weighted by Gasteiger charge is 2.22. The van der Waals surface area contributed by atoms with Crippen LogP contribution in [-0.2, 0) is 0 Å². The number of para-hydroxylation sites is 1. The second-order valence-electron chi connectivity index (χ2n) is 16.3. The second kappa shape index (κ2) is 14.7. The summed E-state index contributed by atoms with van der Waals surface area (Å²) >= 11 is 1.88. The fourth-order valence-corrected chi connectivity index (χ4v) is 10.9. The van der Waals surface area contributed by atoms with Crippen molar-refractivity contribution in [2.45, 2.75) is 0 Å². The van der Waals surface area contributed by atoms with E-state index in [1.807, 2.05) is 72.0 Å². The molecular weight excluding hydrogens is 797 g/mol. The molecule has 4 nitrogen and oxygen atoms in total. The minimum absolute atomic E-state index is 0.627. The Morgan fingerprint density at radius 1 is 0.281 bits per heavy atom. The van der Waals surface area contributed by atoms with E-state index in [1.54, 1.807) is 0 Å². The predicted molar refractivity (Wildman–Crippen MR) is 269 cm³/mol. The molecule has 10 aromatic carbocycles. The van der Waals surface area contributed by atoms with Gasteiger partial charge in [0, 0.05) is 53.3 Å². The van der Waals surface area contributed by atoms with Gasteiger partial charge in [0.05, 0.1) is 11.0 Å². The normalized spacial score (nSPS) is 11.8. The third-order valence-electron chi connectivity index (χ3n) is 12.6. The maximum Gasteiger partial charge on any atom is 0.164 e. The number of rotatable bonds is 6. The zero-order valence-corrected chi connectivity index (χ0v) is 35.3. The summed E-state index contributed by atoms with van der Waals surface area (Å²) in [5.41, 5.74) is 11.0. The molecule has 0 fully saturated rings. The van der Waals surface area contributed by atoms with E-state index in [1.165, 1.54) is 74.7 Å². The molecular formula is C59H36N4S. The first kappa shape index (κ1) is 36.4. The SMILES string of the molecule is c1ccc(-c2nc(-c3ccccc3)nc(-c3cccc(-n4c5ccccc5c5cc(-c6c(-c7ccccc7)c7cc8sc9ccccc9c8cc7c7ccccc67)ccc54)c3)n2)cc1. The fraction of sp³-hybridized carbons (Fsp3) is 0. The van der Waals surface area contributed by atoms with Crippen LogP contribution in [0.25, 0.3) is 126 Å². The lowest BCUT2D eigenvalue weighted by molar-refractivity contribution is 1.07. The van der Waals surface area contributed by atoms with E-state index in [-0.39, 0.29) is 0 Å². The van der Waals surface area contributed by atoms with Gasteiger partial charge in [-0.2, -0.15) is 0 Å². The smallest absolute Gasteiger partial charge is 0.164 e. The molecule has 0 aliphatic rings. The summed E-state index contributed by atoms with van der Waals surface area (Å²) in [4.78, 5) is 15.1. The highest BCUT2D eigenvalue weighted by atomic mass is 32.1. The third-order valence-corrected chi connectivity index (χ3v) is 13.7. The Kier molecular flexibility index (Phi) is 8.36. The maximum absolute atomic E-state index is 5.07. The molecule has 298 valence electrons. The van der Waals surface area contributed by atoms with Crippen LogP contribution in [-0.4, -0.2) is 19.5 Å². The minimum atomic E-state index is 0.627. The number of benzene rings is 10. The van der Waals surface area contributed by atoms with Crippen molar-refractivity contribution in [1.29, 1.82) is 0 Å². The topological polar surface area (TPSA) is 43.6 Å². The number of thiophene rings is 1. The molecule has 0 amide bonds. The van der Waals surface area contributed by atoms with Crippen LogP contribution in [0.1, 0.15) is 0 Å². The van der Waals surface area contributed by atoms with Crippen molar-refractivity contribution in [3.8, 4) is 62.1 Å². The van der Waals surface area contributed by atoms with Crippen molar-refractivity contribution in [2.75, 3.05) is 0 Å². The molecule has 13 aromatic rings. The lowest BCUT2D eigenvalue weighted by Crippen LogP contribution is -2.01. The molecule has 0 saturated carbocycles. The molecule has 0 radical (unpaired) electrons. The largest absolute Gasteiger partial charge is 0.309 e. The summed E-state index contributed by atoms with van der Waals surface area (Å²) in [7, 11) is 0. The average Bonchev–Trinajstić information content (AvgIpc) is 3.91. The van der Waals surface area contributed by atoms with Gasteiger partial charge in [0.15, 0.2) is 17.5 Å². The summed E-state index contributed by atoms with van der Waals surface area (Å²) in [6.07, 6.45) is 0. The zero-order valence-electron chi connectivity index (χ0n) is 34.5. The summed E-state index contributed by atoms with van der Waals surface area (Å²) in [6, 6.07) is 78.3. The van der Waals surface area contributed by atoms with Crippen LogP contribution in [0, 0.1) is 0 Å². The highest BCUT2D eigenvalue weighted by Crippen LogP contribution is 2.48. The number of fused-ring (bicyclic) bond motifs is 9. The summed E-state index contributed by atoms with van der Waals surface area (Å²) < 4.78 is 5.00.